The molecule has 4 heterocycles. The fourth-order valence-corrected chi connectivity index (χ4v) is 5.82. The quantitative estimate of drug-likeness (QED) is 0.340. The summed E-state index contributed by atoms with van der Waals surface area (Å²) in [6.07, 6.45) is 0. The number of aryl methyl sites for hydroxylation is 3. The van der Waals surface area contributed by atoms with Gasteiger partial charge in [0.1, 0.15) is 26.9 Å². The van der Waals surface area contributed by atoms with Gasteiger partial charge in [0, 0.05) is 18.5 Å². The SMILES string of the molecule is Cc1nc(SC(C)c2nc3sc(C)c(C)c3c(=O)[nH]2)c2c(=O)n(C)c(=O)n(CC(C)C)c2n1. The highest BCUT2D eigenvalue weighted by Gasteiger charge is 2.22. The Balaban J connectivity index is 1.88. The van der Waals surface area contributed by atoms with Gasteiger partial charge in [0.05, 0.1) is 10.6 Å². The molecule has 4 aromatic heterocycles. The van der Waals surface area contributed by atoms with E-state index >= 15 is 0 Å². The normalized spacial score (nSPS) is 12.8. The maximum absolute atomic E-state index is 13.1. The third kappa shape index (κ3) is 4.04. The molecular weight excluding hydrogens is 460 g/mol. The van der Waals surface area contributed by atoms with Crippen LogP contribution in [-0.4, -0.2) is 29.1 Å². The van der Waals surface area contributed by atoms with E-state index in [1.807, 2.05) is 34.6 Å². The number of hydrogen-bond donors (Lipinski definition) is 1. The molecule has 1 atom stereocenters. The van der Waals surface area contributed by atoms with Crippen molar-refractivity contribution in [3.8, 4) is 0 Å². The van der Waals surface area contributed by atoms with Crippen molar-refractivity contribution in [2.24, 2.45) is 13.0 Å². The molecule has 33 heavy (non-hydrogen) atoms. The summed E-state index contributed by atoms with van der Waals surface area (Å²) < 4.78 is 2.63. The molecule has 4 aromatic rings. The van der Waals surface area contributed by atoms with Gasteiger partial charge in [-0.25, -0.2) is 19.7 Å². The molecule has 0 radical (unpaired) electrons. The number of H-pyrrole nitrogens is 1. The van der Waals surface area contributed by atoms with E-state index in [-0.39, 0.29) is 16.7 Å². The van der Waals surface area contributed by atoms with E-state index in [1.165, 1.54) is 34.7 Å². The highest BCUT2D eigenvalue weighted by Crippen LogP contribution is 2.35. The monoisotopic (exact) mass is 486 g/mol. The van der Waals surface area contributed by atoms with Gasteiger partial charge in [-0.3, -0.25) is 18.7 Å². The number of thioether (sulfide) groups is 1. The van der Waals surface area contributed by atoms with Crippen molar-refractivity contribution in [3.05, 3.63) is 53.3 Å². The molecular formula is C22H26N6O3S2. The summed E-state index contributed by atoms with van der Waals surface area (Å²) in [4.78, 5) is 56.9. The van der Waals surface area contributed by atoms with Crippen molar-refractivity contribution in [2.45, 2.75) is 58.4 Å². The Morgan fingerprint density at radius 2 is 1.73 bits per heavy atom. The fourth-order valence-electron chi connectivity index (χ4n) is 3.74. The topological polar surface area (TPSA) is 116 Å². The third-order valence-electron chi connectivity index (χ3n) is 5.54. The smallest absolute Gasteiger partial charge is 0.309 e. The first-order chi connectivity index (χ1) is 15.5. The molecule has 0 fully saturated rings. The van der Waals surface area contributed by atoms with Crippen LogP contribution in [0.25, 0.3) is 21.3 Å². The first-order valence-electron chi connectivity index (χ1n) is 10.6. The number of nitrogens with one attached hydrogen (secondary N) is 1. The van der Waals surface area contributed by atoms with Gasteiger partial charge in [-0.15, -0.1) is 11.3 Å². The van der Waals surface area contributed by atoms with Crippen molar-refractivity contribution < 1.29 is 0 Å². The van der Waals surface area contributed by atoms with Crippen molar-refractivity contribution >= 4 is 44.3 Å². The molecule has 11 heteroatoms. The van der Waals surface area contributed by atoms with Gasteiger partial charge >= 0.3 is 5.69 Å². The minimum Gasteiger partial charge on any atom is -0.309 e. The highest BCUT2D eigenvalue weighted by atomic mass is 32.2. The van der Waals surface area contributed by atoms with Crippen LogP contribution in [0.5, 0.6) is 0 Å². The first kappa shape index (κ1) is 23.4. The molecule has 0 bridgehead atoms. The Morgan fingerprint density at radius 1 is 1.03 bits per heavy atom. The van der Waals surface area contributed by atoms with Crippen LogP contribution in [0.15, 0.2) is 19.4 Å². The summed E-state index contributed by atoms with van der Waals surface area (Å²) in [5.74, 6) is 1.16. The van der Waals surface area contributed by atoms with Gasteiger partial charge in [0.15, 0.2) is 5.65 Å². The molecule has 0 saturated carbocycles. The van der Waals surface area contributed by atoms with Crippen molar-refractivity contribution in [2.75, 3.05) is 0 Å². The second-order valence-electron chi connectivity index (χ2n) is 8.60. The Labute approximate surface area is 197 Å². The summed E-state index contributed by atoms with van der Waals surface area (Å²) in [7, 11) is 1.47. The van der Waals surface area contributed by atoms with E-state index in [0.29, 0.717) is 44.5 Å². The van der Waals surface area contributed by atoms with Crippen LogP contribution >= 0.6 is 23.1 Å². The van der Waals surface area contributed by atoms with Crippen molar-refractivity contribution in [1.29, 1.82) is 0 Å². The Morgan fingerprint density at radius 3 is 2.39 bits per heavy atom. The van der Waals surface area contributed by atoms with Gasteiger partial charge in [-0.1, -0.05) is 25.6 Å². The zero-order valence-corrected chi connectivity index (χ0v) is 21.3. The zero-order chi connectivity index (χ0) is 24.2. The summed E-state index contributed by atoms with van der Waals surface area (Å²) in [5, 5.41) is 1.08. The largest absolute Gasteiger partial charge is 0.332 e. The second-order valence-corrected chi connectivity index (χ2v) is 11.1. The lowest BCUT2D eigenvalue weighted by molar-refractivity contribution is 0.498. The molecule has 1 N–H and O–H groups in total. The number of rotatable bonds is 5. The maximum Gasteiger partial charge on any atom is 0.332 e. The lowest BCUT2D eigenvalue weighted by Crippen LogP contribution is -2.39. The van der Waals surface area contributed by atoms with Gasteiger partial charge in [0.25, 0.3) is 11.1 Å². The molecule has 9 nitrogen and oxygen atoms in total. The third-order valence-corrected chi connectivity index (χ3v) is 7.74. The van der Waals surface area contributed by atoms with Crippen molar-refractivity contribution in [1.82, 2.24) is 29.1 Å². The average Bonchev–Trinajstić information content (AvgIpc) is 3.02. The van der Waals surface area contributed by atoms with Gasteiger partial charge in [0.2, 0.25) is 0 Å². The van der Waals surface area contributed by atoms with Crippen LogP contribution in [0.4, 0.5) is 0 Å². The van der Waals surface area contributed by atoms with E-state index in [9.17, 15) is 14.4 Å². The van der Waals surface area contributed by atoms with Crippen molar-refractivity contribution in [3.63, 3.8) is 0 Å². The number of fused-ring (bicyclic) bond motifs is 2. The summed E-state index contributed by atoms with van der Waals surface area (Å²) in [6.45, 7) is 12.0. The standard InChI is InChI=1S/C22H26N6O3S2/c1-9(2)8-28-17-15(21(30)27(7)22(28)31)20(24-13(6)23-17)33-12(5)16-25-18(29)14-10(3)11(4)32-19(14)26-16/h9,12H,8H2,1-7H3,(H,25,26,29). The lowest BCUT2D eigenvalue weighted by atomic mass is 10.2. The number of nitrogens with zero attached hydrogens (tertiary/aromatic N) is 5. The molecule has 1 unspecified atom stereocenters. The number of aromatic nitrogens is 6. The van der Waals surface area contributed by atoms with Crippen LogP contribution in [-0.2, 0) is 13.6 Å². The van der Waals surface area contributed by atoms with Crippen LogP contribution in [0, 0.1) is 26.7 Å². The molecule has 4 rings (SSSR count). The highest BCUT2D eigenvalue weighted by molar-refractivity contribution is 7.99. The molecule has 174 valence electrons. The first-order valence-corrected chi connectivity index (χ1v) is 12.3. The summed E-state index contributed by atoms with van der Waals surface area (Å²) in [5.41, 5.74) is 0.268. The Bertz CT molecular complexity index is 1580. The van der Waals surface area contributed by atoms with Crippen LogP contribution < -0.4 is 16.8 Å². The van der Waals surface area contributed by atoms with E-state index < -0.39 is 11.2 Å². The fraction of sp³-hybridized carbons (Fsp3) is 0.455. The van der Waals surface area contributed by atoms with E-state index in [2.05, 4.69) is 19.9 Å². The predicted octanol–water partition coefficient (Wildman–Crippen LogP) is 3.22. The molecule has 0 spiro atoms. The van der Waals surface area contributed by atoms with Crippen LogP contribution in [0.3, 0.4) is 0 Å². The maximum atomic E-state index is 13.1. The second kappa shape index (κ2) is 8.53. The number of hydrogen-bond acceptors (Lipinski definition) is 8. The zero-order valence-electron chi connectivity index (χ0n) is 19.6. The summed E-state index contributed by atoms with van der Waals surface area (Å²) >= 11 is 2.81. The molecule has 0 amide bonds. The van der Waals surface area contributed by atoms with Crippen LogP contribution in [0.2, 0.25) is 0 Å². The van der Waals surface area contributed by atoms with Gasteiger partial charge < -0.3 is 4.98 Å². The number of aromatic amines is 1. The average molecular weight is 487 g/mol. The molecule has 0 aromatic carbocycles. The molecule has 0 aliphatic heterocycles. The van der Waals surface area contributed by atoms with E-state index in [1.54, 1.807) is 6.92 Å². The minimum absolute atomic E-state index is 0.172. The Kier molecular flexibility index (Phi) is 6.04. The van der Waals surface area contributed by atoms with E-state index in [4.69, 9.17) is 0 Å². The van der Waals surface area contributed by atoms with E-state index in [0.717, 1.165) is 15.0 Å². The summed E-state index contributed by atoms with van der Waals surface area (Å²) in [6, 6.07) is 0. The van der Waals surface area contributed by atoms with Gasteiger partial charge in [-0.2, -0.15) is 0 Å². The molecule has 0 saturated heterocycles. The number of thiophene rings is 1. The Hall–Kier alpha value is -2.79. The lowest BCUT2D eigenvalue weighted by Gasteiger charge is -2.16. The van der Waals surface area contributed by atoms with Crippen LogP contribution in [0.1, 0.15) is 48.1 Å². The van der Waals surface area contributed by atoms with Gasteiger partial charge in [-0.05, 0) is 39.2 Å². The molecule has 0 aliphatic rings. The molecule has 0 aliphatic carbocycles. The predicted molar refractivity (Wildman–Crippen MR) is 133 cm³/mol. The minimum atomic E-state index is -0.439.